The van der Waals surface area contributed by atoms with Crippen LogP contribution in [-0.4, -0.2) is 73.1 Å². The maximum Gasteiger partial charge on any atom is 0.413 e. The molecule has 0 bridgehead atoms. The van der Waals surface area contributed by atoms with Gasteiger partial charge in [-0.15, -0.1) is 0 Å². The first-order valence-electron chi connectivity index (χ1n) is 11.8. The van der Waals surface area contributed by atoms with E-state index in [9.17, 15) is 23.1 Å². The summed E-state index contributed by atoms with van der Waals surface area (Å²) in [7, 11) is -2.68. The molecule has 0 unspecified atom stereocenters. The van der Waals surface area contributed by atoms with E-state index in [0.29, 0.717) is 24.0 Å². The second-order valence-electron chi connectivity index (χ2n) is 8.69. The van der Waals surface area contributed by atoms with Crippen molar-refractivity contribution in [3.8, 4) is 5.75 Å². The van der Waals surface area contributed by atoms with Gasteiger partial charge in [0.15, 0.2) is 0 Å². The number of carboxylic acid groups (broad SMARTS) is 1. The second-order valence-corrected chi connectivity index (χ2v) is 10.3. The summed E-state index contributed by atoms with van der Waals surface area (Å²) in [6.45, 7) is 1.16. The molecule has 2 aliphatic heterocycles. The number of sulfonamides is 1. The van der Waals surface area contributed by atoms with Gasteiger partial charge in [-0.2, -0.15) is 0 Å². The van der Waals surface area contributed by atoms with E-state index in [1.807, 2.05) is 0 Å². The highest BCUT2D eigenvalue weighted by Gasteiger charge is 2.36. The maximum atomic E-state index is 13.5. The molecule has 3 heterocycles. The van der Waals surface area contributed by atoms with Crippen LogP contribution < -0.4 is 14.8 Å². The molecule has 2 aromatic carbocycles. The van der Waals surface area contributed by atoms with Gasteiger partial charge in [-0.25, -0.2) is 13.2 Å². The molecule has 5 rings (SSSR count). The number of amides is 2. The molecular weight excluding hydrogens is 510 g/mol. The predicted molar refractivity (Wildman–Crippen MR) is 140 cm³/mol. The van der Waals surface area contributed by atoms with Gasteiger partial charge in [0.25, 0.3) is 15.9 Å². The lowest BCUT2D eigenvalue weighted by atomic mass is 10.1. The number of carbonyl (C=O) groups is 2. The molecule has 2 amide bonds. The SMILES string of the molecule is COc1cc(C(=O)N2CC=CC=C2N(C(=O)O)C2CNC2)ccc1NS(=O)(=O)c1cccc2cccnc12. The second kappa shape index (κ2) is 10.1. The quantitative estimate of drug-likeness (QED) is 0.419. The standard InChI is InChI=1S/C26H25N5O6S/c1-37-21-14-18(25(32)30-13-3-2-9-23(30)31(26(33)34)19-15-27-16-19)10-11-20(21)29-38(35,36)22-8-4-6-17-7-5-12-28-24(17)22/h2-12,14,19,27,29H,13,15-16H2,1H3,(H,33,34). The summed E-state index contributed by atoms with van der Waals surface area (Å²) >= 11 is 0. The molecule has 38 heavy (non-hydrogen) atoms. The molecule has 1 fully saturated rings. The molecule has 0 radical (unpaired) electrons. The Morgan fingerprint density at radius 1 is 1.18 bits per heavy atom. The van der Waals surface area contributed by atoms with Crippen LogP contribution >= 0.6 is 0 Å². The van der Waals surface area contributed by atoms with E-state index < -0.39 is 22.0 Å². The van der Waals surface area contributed by atoms with Crippen LogP contribution in [0.25, 0.3) is 10.9 Å². The number of hydrogen-bond donors (Lipinski definition) is 3. The van der Waals surface area contributed by atoms with E-state index in [0.717, 1.165) is 0 Å². The van der Waals surface area contributed by atoms with Crippen molar-refractivity contribution in [2.24, 2.45) is 0 Å². The fourth-order valence-corrected chi connectivity index (χ4v) is 5.61. The Labute approximate surface area is 219 Å². The summed E-state index contributed by atoms with van der Waals surface area (Å²) in [4.78, 5) is 32.3. The Hall–Kier alpha value is -4.42. The maximum absolute atomic E-state index is 13.5. The number of fused-ring (bicyclic) bond motifs is 1. The van der Waals surface area contributed by atoms with Crippen LogP contribution in [0.3, 0.4) is 0 Å². The number of methoxy groups -OCH3 is 1. The van der Waals surface area contributed by atoms with Crippen LogP contribution in [-0.2, 0) is 10.0 Å². The molecule has 3 N–H and O–H groups in total. The zero-order chi connectivity index (χ0) is 26.9. The number of allylic oxidation sites excluding steroid dienone is 2. The molecular formula is C26H25N5O6S. The Morgan fingerprint density at radius 2 is 1.97 bits per heavy atom. The molecule has 2 aliphatic rings. The van der Waals surface area contributed by atoms with Crippen molar-refractivity contribution in [3.05, 3.63) is 84.3 Å². The minimum atomic E-state index is -4.05. The number of hydrogen-bond acceptors (Lipinski definition) is 7. The number of nitrogens with one attached hydrogen (secondary N) is 2. The van der Waals surface area contributed by atoms with Crippen molar-refractivity contribution in [2.45, 2.75) is 10.9 Å². The van der Waals surface area contributed by atoms with Crippen LogP contribution in [0.5, 0.6) is 5.75 Å². The van der Waals surface area contributed by atoms with Gasteiger partial charge >= 0.3 is 6.09 Å². The lowest BCUT2D eigenvalue weighted by Crippen LogP contribution is -2.60. The van der Waals surface area contributed by atoms with E-state index >= 15 is 0 Å². The summed E-state index contributed by atoms with van der Waals surface area (Å²) in [6.07, 6.45) is 5.42. The Balaban J connectivity index is 1.43. The lowest BCUT2D eigenvalue weighted by molar-refractivity contribution is 0.0697. The van der Waals surface area contributed by atoms with Gasteiger partial charge in [0.2, 0.25) is 0 Å². The van der Waals surface area contributed by atoms with E-state index in [1.165, 1.54) is 47.4 Å². The minimum absolute atomic E-state index is 0.00642. The minimum Gasteiger partial charge on any atom is -0.495 e. The fourth-order valence-electron chi connectivity index (χ4n) is 4.36. The van der Waals surface area contributed by atoms with Crippen LogP contribution in [0.1, 0.15) is 10.4 Å². The highest BCUT2D eigenvalue weighted by atomic mass is 32.2. The highest BCUT2D eigenvalue weighted by molar-refractivity contribution is 7.93. The first-order chi connectivity index (χ1) is 18.3. The number of aromatic nitrogens is 1. The molecule has 1 aromatic heterocycles. The summed E-state index contributed by atoms with van der Waals surface area (Å²) in [5, 5.41) is 13.5. The first kappa shape index (κ1) is 25.2. The molecule has 0 aliphatic carbocycles. The molecule has 0 saturated carbocycles. The third-order valence-electron chi connectivity index (χ3n) is 6.35. The van der Waals surface area contributed by atoms with Gasteiger partial charge < -0.3 is 15.2 Å². The Kier molecular flexibility index (Phi) is 6.74. The molecule has 12 heteroatoms. The molecule has 0 spiro atoms. The summed E-state index contributed by atoms with van der Waals surface area (Å²) in [6, 6.07) is 12.4. The highest BCUT2D eigenvalue weighted by Crippen LogP contribution is 2.31. The monoisotopic (exact) mass is 535 g/mol. The molecule has 1 saturated heterocycles. The summed E-state index contributed by atoms with van der Waals surface area (Å²) in [5.74, 6) is -0.0715. The number of para-hydroxylation sites is 1. The van der Waals surface area contributed by atoms with Crippen molar-refractivity contribution in [1.82, 2.24) is 20.1 Å². The van der Waals surface area contributed by atoms with Gasteiger partial charge in [-0.3, -0.25) is 24.3 Å². The van der Waals surface area contributed by atoms with E-state index in [1.54, 1.807) is 42.5 Å². The van der Waals surface area contributed by atoms with Crippen molar-refractivity contribution in [1.29, 1.82) is 0 Å². The van der Waals surface area contributed by atoms with Gasteiger partial charge in [0.1, 0.15) is 16.5 Å². The van der Waals surface area contributed by atoms with Crippen LogP contribution in [0, 0.1) is 0 Å². The van der Waals surface area contributed by atoms with E-state index in [2.05, 4.69) is 15.0 Å². The zero-order valence-electron chi connectivity index (χ0n) is 20.4. The zero-order valence-corrected chi connectivity index (χ0v) is 21.2. The predicted octanol–water partition coefficient (Wildman–Crippen LogP) is 2.85. The molecule has 3 aromatic rings. The third-order valence-corrected chi connectivity index (χ3v) is 7.74. The van der Waals surface area contributed by atoms with Crippen LogP contribution in [0.2, 0.25) is 0 Å². The average molecular weight is 536 g/mol. The summed E-state index contributed by atoms with van der Waals surface area (Å²) in [5.41, 5.74) is 0.671. The number of benzene rings is 2. The number of ether oxygens (including phenoxy) is 1. The smallest absolute Gasteiger partial charge is 0.413 e. The molecule has 11 nitrogen and oxygen atoms in total. The lowest BCUT2D eigenvalue weighted by Gasteiger charge is -2.41. The van der Waals surface area contributed by atoms with E-state index in [4.69, 9.17) is 4.74 Å². The number of rotatable bonds is 7. The summed E-state index contributed by atoms with van der Waals surface area (Å²) < 4.78 is 34.5. The van der Waals surface area contributed by atoms with Crippen molar-refractivity contribution in [2.75, 3.05) is 31.5 Å². The number of anilines is 1. The average Bonchev–Trinajstić information content (AvgIpc) is 2.89. The largest absolute Gasteiger partial charge is 0.495 e. The van der Waals surface area contributed by atoms with Crippen molar-refractivity contribution < 1.29 is 27.9 Å². The van der Waals surface area contributed by atoms with Crippen molar-refractivity contribution >= 4 is 38.6 Å². The van der Waals surface area contributed by atoms with Gasteiger partial charge in [0.05, 0.1) is 24.4 Å². The molecule has 196 valence electrons. The number of nitrogens with zero attached hydrogens (tertiary/aromatic N) is 3. The number of carbonyl (C=O) groups excluding carboxylic acids is 1. The Bertz CT molecular complexity index is 1580. The van der Waals surface area contributed by atoms with E-state index in [-0.39, 0.29) is 40.3 Å². The van der Waals surface area contributed by atoms with Gasteiger partial charge in [-0.1, -0.05) is 30.4 Å². The van der Waals surface area contributed by atoms with Crippen molar-refractivity contribution in [3.63, 3.8) is 0 Å². The van der Waals surface area contributed by atoms with Crippen LogP contribution in [0.15, 0.2) is 83.7 Å². The van der Waals surface area contributed by atoms with Gasteiger partial charge in [-0.05, 0) is 36.4 Å². The Morgan fingerprint density at radius 3 is 2.68 bits per heavy atom. The number of pyridine rings is 1. The van der Waals surface area contributed by atoms with Crippen LogP contribution in [0.4, 0.5) is 10.5 Å². The van der Waals surface area contributed by atoms with Gasteiger partial charge in [0, 0.05) is 36.8 Å². The molecule has 0 atom stereocenters. The fraction of sp³-hybridized carbons (Fsp3) is 0.192. The topological polar surface area (TPSA) is 141 Å². The first-order valence-corrected chi connectivity index (χ1v) is 13.2. The normalized spacial score (nSPS) is 15.5. The third kappa shape index (κ3) is 4.66.